The maximum atomic E-state index is 13.7. The third kappa shape index (κ3) is 8.60. The molecule has 0 bridgehead atoms. The zero-order valence-electron chi connectivity index (χ0n) is 24.0. The van der Waals surface area contributed by atoms with E-state index in [9.17, 15) is 31.2 Å². The van der Waals surface area contributed by atoms with E-state index in [1.807, 2.05) is 0 Å². The van der Waals surface area contributed by atoms with Crippen molar-refractivity contribution in [2.45, 2.75) is 45.3 Å². The lowest BCUT2D eigenvalue weighted by Crippen LogP contribution is -2.31. The molecule has 4 rings (SSSR count). The van der Waals surface area contributed by atoms with Gasteiger partial charge < -0.3 is 10.6 Å². The quantitative estimate of drug-likeness (QED) is 0.190. The number of amides is 2. The molecule has 0 unspecified atom stereocenters. The van der Waals surface area contributed by atoms with E-state index in [0.717, 1.165) is 28.9 Å². The summed E-state index contributed by atoms with van der Waals surface area (Å²) in [7, 11) is -4.04. The number of rotatable bonds is 10. The molecule has 2 aromatic heterocycles. The van der Waals surface area contributed by atoms with E-state index in [2.05, 4.69) is 25.4 Å². The van der Waals surface area contributed by atoms with E-state index < -0.39 is 39.3 Å². The van der Waals surface area contributed by atoms with Crippen molar-refractivity contribution in [3.05, 3.63) is 104 Å². The van der Waals surface area contributed by atoms with Gasteiger partial charge in [-0.3, -0.25) is 9.59 Å². The Kier molecular flexibility index (Phi) is 10.2. The highest BCUT2D eigenvalue weighted by Gasteiger charge is 2.30. The molecule has 0 radical (unpaired) electrons. The van der Waals surface area contributed by atoms with Gasteiger partial charge in [-0.05, 0) is 74.4 Å². The molecule has 10 nitrogen and oxygen atoms in total. The third-order valence-electron chi connectivity index (χ3n) is 6.25. The van der Waals surface area contributed by atoms with Crippen LogP contribution in [0.1, 0.15) is 57.1 Å². The zero-order valence-corrected chi connectivity index (χ0v) is 26.4. The number of pyridine rings is 1. The molecule has 0 aliphatic heterocycles. The molecule has 0 aliphatic rings. The van der Waals surface area contributed by atoms with Crippen molar-refractivity contribution in [2.24, 2.45) is 0 Å². The number of carbonyl (C=O) groups excluding carboxylic acids is 2. The molecule has 0 fully saturated rings. The molecule has 0 saturated carbocycles. The van der Waals surface area contributed by atoms with Crippen molar-refractivity contribution < 1.29 is 31.2 Å². The second-order valence-corrected chi connectivity index (χ2v) is 12.9. The maximum absolute atomic E-state index is 13.7. The van der Waals surface area contributed by atoms with Gasteiger partial charge in [0.2, 0.25) is 10.0 Å². The highest BCUT2D eigenvalue weighted by atomic mass is 35.5. The Hall–Kier alpha value is -3.98. The Morgan fingerprint density at radius 2 is 1.71 bits per heavy atom. The number of aromatic nitrogens is 3. The molecule has 238 valence electrons. The van der Waals surface area contributed by atoms with Crippen molar-refractivity contribution in [3.8, 4) is 5.82 Å². The van der Waals surface area contributed by atoms with Gasteiger partial charge in [0.15, 0.2) is 5.82 Å². The van der Waals surface area contributed by atoms with Crippen molar-refractivity contribution >= 4 is 50.7 Å². The zero-order chi connectivity index (χ0) is 33.1. The standard InChI is InChI=1S/C29H27Cl2F3N6O4S/c1-16(2)37-27(41)22-12-20(30)11-17(3)25(22)38-28(42)24-13-21(39-40(24)26-23(31)5-4-10-35-26)14-36-45(43,44)15-18-6-8-19(9-7-18)29(32,33)34/h4-13,16,36H,14-15H2,1-3H3,(H,37,41)(H,38,42). The van der Waals surface area contributed by atoms with Gasteiger partial charge in [0.25, 0.3) is 11.8 Å². The first-order chi connectivity index (χ1) is 21.0. The number of alkyl halides is 3. The van der Waals surface area contributed by atoms with Crippen LogP contribution in [0.25, 0.3) is 5.82 Å². The molecule has 0 saturated heterocycles. The van der Waals surface area contributed by atoms with E-state index in [0.29, 0.717) is 5.56 Å². The van der Waals surface area contributed by atoms with E-state index in [4.69, 9.17) is 23.2 Å². The fourth-order valence-electron chi connectivity index (χ4n) is 4.22. The van der Waals surface area contributed by atoms with Crippen LogP contribution < -0.4 is 15.4 Å². The van der Waals surface area contributed by atoms with Gasteiger partial charge >= 0.3 is 6.18 Å². The monoisotopic (exact) mass is 682 g/mol. The number of aryl methyl sites for hydroxylation is 1. The first kappa shape index (κ1) is 33.9. The third-order valence-corrected chi connectivity index (χ3v) is 8.06. The highest BCUT2D eigenvalue weighted by Crippen LogP contribution is 2.30. The Morgan fingerprint density at radius 3 is 2.33 bits per heavy atom. The lowest BCUT2D eigenvalue weighted by Gasteiger charge is -2.16. The molecule has 0 atom stereocenters. The lowest BCUT2D eigenvalue weighted by atomic mass is 10.1. The van der Waals surface area contributed by atoms with Gasteiger partial charge in [-0.15, -0.1) is 0 Å². The number of hydrogen-bond donors (Lipinski definition) is 3. The van der Waals surface area contributed by atoms with Crippen LogP contribution in [0, 0.1) is 6.92 Å². The smallest absolute Gasteiger partial charge is 0.350 e. The number of benzene rings is 2. The molecule has 0 spiro atoms. The Bertz CT molecular complexity index is 1850. The van der Waals surface area contributed by atoms with Gasteiger partial charge in [-0.2, -0.15) is 18.3 Å². The van der Waals surface area contributed by atoms with Crippen LogP contribution in [-0.2, 0) is 28.5 Å². The number of anilines is 1. The second kappa shape index (κ2) is 13.6. The summed E-state index contributed by atoms with van der Waals surface area (Å²) in [4.78, 5) is 30.8. The first-order valence-corrected chi connectivity index (χ1v) is 15.7. The molecule has 45 heavy (non-hydrogen) atoms. The Balaban J connectivity index is 1.62. The van der Waals surface area contributed by atoms with E-state index in [1.165, 1.54) is 24.4 Å². The van der Waals surface area contributed by atoms with Crippen LogP contribution in [0.2, 0.25) is 10.0 Å². The molecule has 4 aromatic rings. The van der Waals surface area contributed by atoms with Crippen molar-refractivity contribution in [3.63, 3.8) is 0 Å². The topological polar surface area (TPSA) is 135 Å². The van der Waals surface area contributed by atoms with Crippen molar-refractivity contribution in [2.75, 3.05) is 5.32 Å². The molecule has 0 aliphatic carbocycles. The van der Waals surface area contributed by atoms with Gasteiger partial charge in [-0.1, -0.05) is 35.3 Å². The molecular formula is C29H27Cl2F3N6O4S. The van der Waals surface area contributed by atoms with Gasteiger partial charge in [0, 0.05) is 17.3 Å². The van der Waals surface area contributed by atoms with Crippen molar-refractivity contribution in [1.82, 2.24) is 24.8 Å². The minimum absolute atomic E-state index is 0.0776. The normalized spacial score (nSPS) is 11.9. The summed E-state index contributed by atoms with van der Waals surface area (Å²) in [6.07, 6.45) is -3.13. The van der Waals surface area contributed by atoms with E-state index in [-0.39, 0.29) is 56.7 Å². The number of carbonyl (C=O) groups is 2. The number of hydrogen-bond acceptors (Lipinski definition) is 6. The van der Waals surface area contributed by atoms with Gasteiger partial charge in [-0.25, -0.2) is 22.8 Å². The fraction of sp³-hybridized carbons (Fsp3) is 0.241. The molecule has 3 N–H and O–H groups in total. The number of nitrogens with zero attached hydrogens (tertiary/aromatic N) is 3. The van der Waals surface area contributed by atoms with Crippen LogP contribution in [0.15, 0.2) is 60.8 Å². The Morgan fingerprint density at radius 1 is 1.02 bits per heavy atom. The summed E-state index contributed by atoms with van der Waals surface area (Å²) < 4.78 is 67.6. The number of nitrogens with one attached hydrogen (secondary N) is 3. The van der Waals surface area contributed by atoms with Crippen LogP contribution in [0.4, 0.5) is 18.9 Å². The molecule has 2 aromatic carbocycles. The van der Waals surface area contributed by atoms with Crippen LogP contribution in [0.5, 0.6) is 0 Å². The Labute approximate surface area is 267 Å². The predicted octanol–water partition coefficient (Wildman–Crippen LogP) is 5.91. The summed E-state index contributed by atoms with van der Waals surface area (Å²) in [5.41, 5.74) is 0.0737. The first-order valence-electron chi connectivity index (χ1n) is 13.3. The maximum Gasteiger partial charge on any atom is 0.416 e. The second-order valence-electron chi connectivity index (χ2n) is 10.2. The number of sulfonamides is 1. The van der Waals surface area contributed by atoms with Crippen LogP contribution >= 0.6 is 23.2 Å². The summed E-state index contributed by atoms with van der Waals surface area (Å²) in [5, 5.41) is 10.3. The number of halogens is 5. The fourth-order valence-corrected chi connectivity index (χ4v) is 5.80. The summed E-state index contributed by atoms with van der Waals surface area (Å²) in [5.74, 6) is -1.70. The molecule has 2 amide bonds. The van der Waals surface area contributed by atoms with Gasteiger partial charge in [0.05, 0.1) is 39.8 Å². The van der Waals surface area contributed by atoms with E-state index in [1.54, 1.807) is 32.9 Å². The largest absolute Gasteiger partial charge is 0.416 e. The average molecular weight is 684 g/mol. The minimum Gasteiger partial charge on any atom is -0.350 e. The molecular weight excluding hydrogens is 656 g/mol. The van der Waals surface area contributed by atoms with Crippen LogP contribution in [-0.4, -0.2) is 41.0 Å². The summed E-state index contributed by atoms with van der Waals surface area (Å²) >= 11 is 12.5. The molecule has 16 heteroatoms. The van der Waals surface area contributed by atoms with Crippen LogP contribution in [0.3, 0.4) is 0 Å². The summed E-state index contributed by atoms with van der Waals surface area (Å²) in [6.45, 7) is 4.85. The summed E-state index contributed by atoms with van der Waals surface area (Å²) in [6, 6.07) is 11.0. The average Bonchev–Trinajstić information content (AvgIpc) is 3.37. The van der Waals surface area contributed by atoms with Crippen molar-refractivity contribution in [1.29, 1.82) is 0 Å². The lowest BCUT2D eigenvalue weighted by molar-refractivity contribution is -0.137. The SMILES string of the molecule is Cc1cc(Cl)cc(C(=O)NC(C)C)c1NC(=O)c1cc(CNS(=O)(=O)Cc2ccc(C(F)(F)F)cc2)nn1-c1ncccc1Cl. The van der Waals surface area contributed by atoms with Gasteiger partial charge in [0.1, 0.15) is 5.69 Å². The molecule has 2 heterocycles. The minimum atomic E-state index is -4.55. The van der Waals surface area contributed by atoms with E-state index >= 15 is 0 Å². The highest BCUT2D eigenvalue weighted by molar-refractivity contribution is 7.88. The predicted molar refractivity (Wildman–Crippen MR) is 164 cm³/mol.